The SMILES string of the molecule is NC(=O)N(c1cccc2ncccc12)n1ccc2ccccc21. The number of amides is 2. The van der Waals surface area contributed by atoms with Gasteiger partial charge in [-0.15, -0.1) is 0 Å². The summed E-state index contributed by atoms with van der Waals surface area (Å²) >= 11 is 0. The molecule has 2 heterocycles. The molecule has 2 aromatic heterocycles. The number of hydrogen-bond donors (Lipinski definition) is 1. The van der Waals surface area contributed by atoms with Gasteiger partial charge in [0.05, 0.1) is 16.7 Å². The average Bonchev–Trinajstić information content (AvgIpc) is 2.99. The molecule has 5 heteroatoms. The fourth-order valence-electron chi connectivity index (χ4n) is 2.86. The molecule has 4 aromatic rings. The third kappa shape index (κ3) is 2.10. The van der Waals surface area contributed by atoms with Gasteiger partial charge in [-0.05, 0) is 36.4 Å². The Morgan fingerprint density at radius 3 is 2.74 bits per heavy atom. The second-order valence-electron chi connectivity index (χ2n) is 5.22. The van der Waals surface area contributed by atoms with Crippen molar-refractivity contribution in [3.63, 3.8) is 0 Å². The Hall–Kier alpha value is -3.34. The Balaban J connectivity index is 2.00. The van der Waals surface area contributed by atoms with E-state index >= 15 is 0 Å². The summed E-state index contributed by atoms with van der Waals surface area (Å²) in [7, 11) is 0. The van der Waals surface area contributed by atoms with Crippen LogP contribution in [0.2, 0.25) is 0 Å². The van der Waals surface area contributed by atoms with Crippen molar-refractivity contribution in [2.45, 2.75) is 0 Å². The number of carbonyl (C=O) groups excluding carboxylic acids is 1. The minimum atomic E-state index is -0.553. The monoisotopic (exact) mass is 302 g/mol. The lowest BCUT2D eigenvalue weighted by atomic mass is 10.2. The number of fused-ring (bicyclic) bond motifs is 2. The number of nitrogens with zero attached hydrogens (tertiary/aromatic N) is 3. The van der Waals surface area contributed by atoms with Crippen LogP contribution >= 0.6 is 0 Å². The molecule has 0 saturated heterocycles. The van der Waals surface area contributed by atoms with Crippen LogP contribution < -0.4 is 10.7 Å². The lowest BCUT2D eigenvalue weighted by molar-refractivity contribution is 0.252. The van der Waals surface area contributed by atoms with E-state index in [1.807, 2.05) is 66.9 Å². The second kappa shape index (κ2) is 5.14. The number of carbonyl (C=O) groups is 1. The number of para-hydroxylation sites is 1. The highest BCUT2D eigenvalue weighted by Crippen LogP contribution is 2.28. The van der Waals surface area contributed by atoms with Crippen molar-refractivity contribution < 1.29 is 4.79 Å². The van der Waals surface area contributed by atoms with Crippen molar-refractivity contribution in [3.05, 3.63) is 73.1 Å². The van der Waals surface area contributed by atoms with E-state index in [0.717, 1.165) is 21.8 Å². The summed E-state index contributed by atoms with van der Waals surface area (Å²) in [5, 5.41) is 3.37. The maximum atomic E-state index is 12.2. The number of primary amides is 1. The largest absolute Gasteiger partial charge is 0.350 e. The van der Waals surface area contributed by atoms with Crippen molar-refractivity contribution >= 4 is 33.5 Å². The van der Waals surface area contributed by atoms with Crippen LogP contribution in [-0.2, 0) is 0 Å². The first-order valence-electron chi connectivity index (χ1n) is 7.25. The molecule has 0 bridgehead atoms. The lowest BCUT2D eigenvalue weighted by Gasteiger charge is -2.24. The summed E-state index contributed by atoms with van der Waals surface area (Å²) < 4.78 is 1.76. The quantitative estimate of drug-likeness (QED) is 0.615. The van der Waals surface area contributed by atoms with Crippen LogP contribution in [0.1, 0.15) is 0 Å². The van der Waals surface area contributed by atoms with E-state index in [1.54, 1.807) is 10.9 Å². The molecule has 0 aliphatic carbocycles. The Bertz CT molecular complexity index is 1020. The molecule has 5 nitrogen and oxygen atoms in total. The van der Waals surface area contributed by atoms with Gasteiger partial charge in [0.1, 0.15) is 0 Å². The zero-order valence-corrected chi connectivity index (χ0v) is 12.3. The smallest absolute Gasteiger partial charge is 0.338 e. The zero-order valence-electron chi connectivity index (χ0n) is 12.3. The van der Waals surface area contributed by atoms with Gasteiger partial charge in [-0.25, -0.2) is 4.79 Å². The van der Waals surface area contributed by atoms with Crippen LogP contribution in [0, 0.1) is 0 Å². The fourth-order valence-corrected chi connectivity index (χ4v) is 2.86. The van der Waals surface area contributed by atoms with Crippen LogP contribution in [0.5, 0.6) is 0 Å². The van der Waals surface area contributed by atoms with Gasteiger partial charge in [0.2, 0.25) is 0 Å². The third-order valence-electron chi connectivity index (χ3n) is 3.85. The molecular formula is C18H14N4O. The predicted molar refractivity (Wildman–Crippen MR) is 91.1 cm³/mol. The predicted octanol–water partition coefficient (Wildman–Crippen LogP) is 3.54. The van der Waals surface area contributed by atoms with Crippen molar-refractivity contribution in [2.75, 3.05) is 5.01 Å². The lowest BCUT2D eigenvalue weighted by Crippen LogP contribution is -2.39. The average molecular weight is 302 g/mol. The summed E-state index contributed by atoms with van der Waals surface area (Å²) in [5.74, 6) is 0. The van der Waals surface area contributed by atoms with Gasteiger partial charge >= 0.3 is 6.03 Å². The number of hydrogen-bond acceptors (Lipinski definition) is 2. The van der Waals surface area contributed by atoms with E-state index < -0.39 is 6.03 Å². The summed E-state index contributed by atoms with van der Waals surface area (Å²) in [4.78, 5) is 16.5. The first kappa shape index (κ1) is 13.3. The number of urea groups is 1. The number of aromatic nitrogens is 2. The van der Waals surface area contributed by atoms with E-state index in [2.05, 4.69) is 4.98 Å². The van der Waals surface area contributed by atoms with E-state index in [-0.39, 0.29) is 0 Å². The van der Waals surface area contributed by atoms with Crippen LogP contribution in [0.3, 0.4) is 0 Å². The molecule has 0 radical (unpaired) electrons. The summed E-state index contributed by atoms with van der Waals surface area (Å²) in [6, 6.07) is 18.7. The third-order valence-corrected chi connectivity index (χ3v) is 3.85. The minimum absolute atomic E-state index is 0.553. The first-order valence-corrected chi connectivity index (χ1v) is 7.25. The molecule has 2 N–H and O–H groups in total. The summed E-state index contributed by atoms with van der Waals surface area (Å²) in [5.41, 5.74) is 8.11. The Morgan fingerprint density at radius 1 is 1.00 bits per heavy atom. The summed E-state index contributed by atoms with van der Waals surface area (Å²) in [6.45, 7) is 0. The standard InChI is InChI=1S/C18H14N4O/c19-18(23)22(21-12-10-13-5-1-2-8-16(13)21)17-9-3-7-15-14(17)6-4-11-20-15/h1-12H,(H2,19,23). The maximum absolute atomic E-state index is 12.2. The normalized spacial score (nSPS) is 11.0. The van der Waals surface area contributed by atoms with Gasteiger partial charge in [-0.2, -0.15) is 5.01 Å². The van der Waals surface area contributed by atoms with Gasteiger partial charge in [-0.3, -0.25) is 9.66 Å². The van der Waals surface area contributed by atoms with Crippen LogP contribution in [0.4, 0.5) is 10.5 Å². The first-order chi connectivity index (χ1) is 11.3. The van der Waals surface area contributed by atoms with Gasteiger partial charge in [0.25, 0.3) is 0 Å². The molecule has 2 aromatic carbocycles. The van der Waals surface area contributed by atoms with Crippen LogP contribution in [0.15, 0.2) is 73.1 Å². The van der Waals surface area contributed by atoms with Crippen molar-refractivity contribution in [1.82, 2.24) is 9.66 Å². The molecular weight excluding hydrogens is 288 g/mol. The Morgan fingerprint density at radius 2 is 1.87 bits per heavy atom. The van der Waals surface area contributed by atoms with Crippen molar-refractivity contribution in [2.24, 2.45) is 5.73 Å². The molecule has 0 saturated carbocycles. The number of pyridine rings is 1. The number of nitrogens with two attached hydrogens (primary N) is 1. The molecule has 4 rings (SSSR count). The molecule has 0 aliphatic rings. The fraction of sp³-hybridized carbons (Fsp3) is 0. The topological polar surface area (TPSA) is 64.2 Å². The van der Waals surface area contributed by atoms with Gasteiger partial charge in [0, 0.05) is 23.2 Å². The minimum Gasteiger partial charge on any atom is -0.350 e. The molecule has 0 aliphatic heterocycles. The molecule has 0 unspecified atom stereocenters. The van der Waals surface area contributed by atoms with Gasteiger partial charge in [0.15, 0.2) is 0 Å². The van der Waals surface area contributed by atoms with E-state index in [0.29, 0.717) is 5.69 Å². The van der Waals surface area contributed by atoms with E-state index in [1.165, 1.54) is 5.01 Å². The number of benzene rings is 2. The molecule has 0 atom stereocenters. The van der Waals surface area contributed by atoms with E-state index in [9.17, 15) is 4.79 Å². The van der Waals surface area contributed by atoms with Gasteiger partial charge < -0.3 is 5.73 Å². The summed E-state index contributed by atoms with van der Waals surface area (Å²) in [6.07, 6.45) is 3.57. The van der Waals surface area contributed by atoms with Crippen LogP contribution in [0.25, 0.3) is 21.8 Å². The number of rotatable bonds is 2. The molecule has 0 fully saturated rings. The molecule has 2 amide bonds. The Labute approximate surface area is 132 Å². The number of anilines is 1. The van der Waals surface area contributed by atoms with Gasteiger partial charge in [-0.1, -0.05) is 24.3 Å². The molecule has 23 heavy (non-hydrogen) atoms. The van der Waals surface area contributed by atoms with Crippen LogP contribution in [-0.4, -0.2) is 15.7 Å². The second-order valence-corrected chi connectivity index (χ2v) is 5.22. The zero-order chi connectivity index (χ0) is 15.8. The van der Waals surface area contributed by atoms with E-state index in [4.69, 9.17) is 5.73 Å². The highest BCUT2D eigenvalue weighted by molar-refractivity contribution is 6.02. The highest BCUT2D eigenvalue weighted by Gasteiger charge is 2.18. The Kier molecular flexibility index (Phi) is 2.98. The van der Waals surface area contributed by atoms with Crippen molar-refractivity contribution in [1.29, 1.82) is 0 Å². The maximum Gasteiger partial charge on any atom is 0.338 e. The van der Waals surface area contributed by atoms with Crippen molar-refractivity contribution in [3.8, 4) is 0 Å². The molecule has 112 valence electrons. The molecule has 0 spiro atoms. The highest BCUT2D eigenvalue weighted by atomic mass is 16.2.